The third kappa shape index (κ3) is 5.13. The van der Waals surface area contributed by atoms with Crippen LogP contribution in [0.1, 0.15) is 72.3 Å². The van der Waals surface area contributed by atoms with Crippen LogP contribution in [-0.2, 0) is 16.1 Å². The van der Waals surface area contributed by atoms with Crippen molar-refractivity contribution in [1.29, 1.82) is 0 Å². The Hall–Kier alpha value is -2.89. The maximum absolute atomic E-state index is 13.1. The van der Waals surface area contributed by atoms with Crippen molar-refractivity contribution >= 4 is 17.7 Å². The van der Waals surface area contributed by atoms with Crippen LogP contribution in [0.3, 0.4) is 0 Å². The van der Waals surface area contributed by atoms with Crippen LogP contribution >= 0.6 is 0 Å². The molecule has 1 aromatic carbocycles. The maximum Gasteiger partial charge on any atom is 0.355 e. The van der Waals surface area contributed by atoms with E-state index in [1.807, 2.05) is 51.1 Å². The smallest absolute Gasteiger partial charge is 0.355 e. The summed E-state index contributed by atoms with van der Waals surface area (Å²) in [4.78, 5) is 42.2. The number of benzene rings is 1. The van der Waals surface area contributed by atoms with Gasteiger partial charge in [-0.25, -0.2) is 4.79 Å². The van der Waals surface area contributed by atoms with E-state index < -0.39 is 17.6 Å². The van der Waals surface area contributed by atoms with Crippen molar-refractivity contribution < 1.29 is 19.1 Å². The molecule has 156 valence electrons. The molecule has 0 spiro atoms. The lowest BCUT2D eigenvalue weighted by Crippen LogP contribution is -2.49. The number of amides is 1. The number of nitrogens with one attached hydrogen (secondary N) is 1. The van der Waals surface area contributed by atoms with E-state index in [-0.39, 0.29) is 17.4 Å². The summed E-state index contributed by atoms with van der Waals surface area (Å²) in [6.07, 6.45) is -0.964. The van der Waals surface area contributed by atoms with Crippen molar-refractivity contribution in [3.8, 4) is 0 Å². The molecule has 2 rings (SSSR count). The van der Waals surface area contributed by atoms with Crippen LogP contribution in [-0.4, -0.2) is 39.2 Å². The first-order valence-corrected chi connectivity index (χ1v) is 9.70. The van der Waals surface area contributed by atoms with E-state index in [0.29, 0.717) is 23.4 Å². The van der Waals surface area contributed by atoms with Crippen LogP contribution in [0.2, 0.25) is 0 Å². The van der Waals surface area contributed by atoms with E-state index in [0.717, 1.165) is 5.56 Å². The summed E-state index contributed by atoms with van der Waals surface area (Å²) in [5, 5.41) is 0. The highest BCUT2D eigenvalue weighted by Gasteiger charge is 2.32. The van der Waals surface area contributed by atoms with Gasteiger partial charge >= 0.3 is 5.97 Å². The maximum atomic E-state index is 13.1. The summed E-state index contributed by atoms with van der Waals surface area (Å²) in [5.74, 6) is -1.05. The van der Waals surface area contributed by atoms with Gasteiger partial charge in [-0.3, -0.25) is 9.59 Å². The number of hydrogen-bond donors (Lipinski definition) is 1. The third-order valence-corrected chi connectivity index (χ3v) is 4.88. The molecular weight excluding hydrogens is 368 g/mol. The van der Waals surface area contributed by atoms with Gasteiger partial charge in [-0.1, -0.05) is 30.3 Å². The second-order valence-corrected chi connectivity index (χ2v) is 8.31. The molecule has 2 aromatic rings. The summed E-state index contributed by atoms with van der Waals surface area (Å²) in [7, 11) is 0. The minimum absolute atomic E-state index is 0.124. The summed E-state index contributed by atoms with van der Waals surface area (Å²) in [6, 6.07) is 9.68. The van der Waals surface area contributed by atoms with Gasteiger partial charge in [-0.05, 0) is 59.6 Å². The molecule has 29 heavy (non-hydrogen) atoms. The lowest BCUT2D eigenvalue weighted by molar-refractivity contribution is -0.145. The average molecular weight is 399 g/mol. The third-order valence-electron chi connectivity index (χ3n) is 4.88. The molecule has 6 heteroatoms. The van der Waals surface area contributed by atoms with Crippen LogP contribution in [0.5, 0.6) is 0 Å². The zero-order chi connectivity index (χ0) is 21.9. The Balaban J connectivity index is 2.20. The highest BCUT2D eigenvalue weighted by Crippen LogP contribution is 2.22. The Labute approximate surface area is 172 Å². The van der Waals surface area contributed by atoms with Crippen molar-refractivity contribution in [2.75, 3.05) is 0 Å². The Morgan fingerprint density at radius 3 is 2.17 bits per heavy atom. The fourth-order valence-corrected chi connectivity index (χ4v) is 3.38. The molecule has 1 atom stereocenters. The number of aromatic nitrogens is 1. The van der Waals surface area contributed by atoms with Crippen molar-refractivity contribution in [3.63, 3.8) is 0 Å². The predicted molar refractivity (Wildman–Crippen MR) is 112 cm³/mol. The number of nitrogens with zero attached hydrogens (tertiary/aromatic N) is 1. The van der Waals surface area contributed by atoms with E-state index in [1.54, 1.807) is 25.7 Å². The number of esters is 1. The van der Waals surface area contributed by atoms with Crippen molar-refractivity contribution in [2.24, 2.45) is 0 Å². The van der Waals surface area contributed by atoms with Gasteiger partial charge in [0.25, 0.3) is 5.91 Å². The molecular formula is C23H30N2O4. The van der Waals surface area contributed by atoms with Crippen LogP contribution in [0.15, 0.2) is 30.3 Å². The van der Waals surface area contributed by atoms with Gasteiger partial charge in [-0.2, -0.15) is 0 Å². The molecule has 0 fully saturated rings. The van der Waals surface area contributed by atoms with Crippen LogP contribution in [0.25, 0.3) is 0 Å². The minimum Gasteiger partial charge on any atom is -0.448 e. The molecule has 0 aliphatic heterocycles. The molecule has 0 radical (unpaired) electrons. The van der Waals surface area contributed by atoms with E-state index >= 15 is 0 Å². The van der Waals surface area contributed by atoms with Gasteiger partial charge in [0.15, 0.2) is 11.9 Å². The molecule has 0 unspecified atom stereocenters. The summed E-state index contributed by atoms with van der Waals surface area (Å²) < 4.78 is 5.47. The predicted octanol–water partition coefficient (Wildman–Crippen LogP) is 4.21. The number of H-pyrrole nitrogens is 1. The van der Waals surface area contributed by atoms with Gasteiger partial charge in [0.05, 0.1) is 0 Å². The molecule has 1 aromatic heterocycles. The Bertz CT molecular complexity index is 907. The molecule has 6 nitrogen and oxygen atoms in total. The van der Waals surface area contributed by atoms with Crippen LogP contribution in [0.4, 0.5) is 0 Å². The molecule has 0 saturated carbocycles. The normalized spacial score (nSPS) is 12.4. The van der Waals surface area contributed by atoms with E-state index in [9.17, 15) is 14.4 Å². The molecule has 0 saturated heterocycles. The van der Waals surface area contributed by atoms with Gasteiger partial charge in [0, 0.05) is 23.3 Å². The zero-order valence-corrected chi connectivity index (χ0v) is 18.3. The van der Waals surface area contributed by atoms with Gasteiger partial charge in [0.1, 0.15) is 5.69 Å². The fourth-order valence-electron chi connectivity index (χ4n) is 3.38. The zero-order valence-electron chi connectivity index (χ0n) is 18.3. The van der Waals surface area contributed by atoms with E-state index in [4.69, 9.17) is 4.74 Å². The quantitative estimate of drug-likeness (QED) is 0.584. The largest absolute Gasteiger partial charge is 0.448 e. The van der Waals surface area contributed by atoms with Crippen molar-refractivity contribution in [2.45, 2.75) is 66.7 Å². The first kappa shape index (κ1) is 22.4. The lowest BCUT2D eigenvalue weighted by Gasteiger charge is -2.37. The highest BCUT2D eigenvalue weighted by molar-refractivity contribution is 6.01. The topological polar surface area (TPSA) is 79.5 Å². The Kier molecular flexibility index (Phi) is 6.67. The first-order chi connectivity index (χ1) is 13.4. The minimum atomic E-state index is -0.964. The summed E-state index contributed by atoms with van der Waals surface area (Å²) in [6.45, 7) is 12.7. The molecule has 0 aliphatic rings. The fraction of sp³-hybridized carbons (Fsp3) is 0.435. The number of rotatable bonds is 6. The summed E-state index contributed by atoms with van der Waals surface area (Å²) in [5.41, 5.74) is 2.39. The van der Waals surface area contributed by atoms with E-state index in [2.05, 4.69) is 4.98 Å². The van der Waals surface area contributed by atoms with Crippen LogP contribution < -0.4 is 0 Å². The number of carbonyl (C=O) groups excluding carboxylic acids is 3. The molecule has 1 amide bonds. The molecule has 1 N–H and O–H groups in total. The Morgan fingerprint density at radius 2 is 1.69 bits per heavy atom. The second kappa shape index (κ2) is 8.64. The monoisotopic (exact) mass is 398 g/mol. The number of ether oxygens (including phenoxy) is 1. The summed E-state index contributed by atoms with van der Waals surface area (Å²) >= 11 is 0. The van der Waals surface area contributed by atoms with Crippen molar-refractivity contribution in [1.82, 2.24) is 9.88 Å². The number of carbonyl (C=O) groups is 3. The number of hydrogen-bond acceptors (Lipinski definition) is 4. The first-order valence-electron chi connectivity index (χ1n) is 9.70. The van der Waals surface area contributed by atoms with Crippen molar-refractivity contribution in [3.05, 3.63) is 58.4 Å². The molecule has 0 bridgehead atoms. The van der Waals surface area contributed by atoms with Gasteiger partial charge in [0.2, 0.25) is 0 Å². The highest BCUT2D eigenvalue weighted by atomic mass is 16.5. The number of Topliss-reactive ketones (excluding diaryl/α,β-unsaturated/α-hetero) is 1. The number of ketones is 1. The second-order valence-electron chi connectivity index (χ2n) is 8.31. The Morgan fingerprint density at radius 1 is 1.10 bits per heavy atom. The van der Waals surface area contributed by atoms with Crippen LogP contribution in [0, 0.1) is 13.8 Å². The van der Waals surface area contributed by atoms with Gasteiger partial charge < -0.3 is 14.6 Å². The standard InChI is InChI=1S/C23H30N2O4/c1-14-19(16(3)26)15(2)24-20(14)22(28)29-17(4)21(27)25(23(5,6)7)13-18-11-9-8-10-12-18/h8-12,17,24H,13H2,1-7H3/t17-/m0/s1. The molecule has 1 heterocycles. The average Bonchev–Trinajstić information content (AvgIpc) is 2.93. The number of aromatic amines is 1. The van der Waals surface area contributed by atoms with Gasteiger partial charge in [-0.15, -0.1) is 0 Å². The van der Waals surface area contributed by atoms with E-state index in [1.165, 1.54) is 6.92 Å². The SMILES string of the molecule is CC(=O)c1c(C)[nH]c(C(=O)O[C@@H](C)C(=O)N(Cc2ccccc2)C(C)(C)C)c1C. The number of aryl methyl sites for hydroxylation is 1. The lowest BCUT2D eigenvalue weighted by atomic mass is 10.0. The molecule has 0 aliphatic carbocycles.